The van der Waals surface area contributed by atoms with E-state index < -0.39 is 12.1 Å². The van der Waals surface area contributed by atoms with Crippen molar-refractivity contribution in [2.45, 2.75) is 488 Å². The van der Waals surface area contributed by atoms with E-state index in [2.05, 4.69) is 55.6 Å². The van der Waals surface area contributed by atoms with Crippen LogP contribution in [0.25, 0.3) is 0 Å². The number of nitrogens with one attached hydrogen (secondary N) is 1. The molecule has 1 amide bonds. The van der Waals surface area contributed by atoms with Gasteiger partial charge < -0.3 is 20.3 Å². The summed E-state index contributed by atoms with van der Waals surface area (Å²) in [5.74, 6) is -0.0158. The molecular weight excluding hydrogens is 1130 g/mol. The lowest BCUT2D eigenvalue weighted by atomic mass is 10.0. The molecule has 0 aliphatic carbocycles. The van der Waals surface area contributed by atoms with Gasteiger partial charge in [-0.1, -0.05) is 416 Å². The average molecular weight is 1290 g/mol. The lowest BCUT2D eigenvalue weighted by Gasteiger charge is -2.22. The summed E-state index contributed by atoms with van der Waals surface area (Å²) in [5.41, 5.74) is 0. The number of carbonyl (C=O) groups is 2. The molecule has 0 aromatic heterocycles. The number of rotatable bonds is 80. The standard InChI is InChI=1S/C86H165NO5/c1-3-5-7-9-11-13-15-17-19-21-22-44-47-50-54-58-62-66-70-74-78-84(89)83(82-88)87-85(90)79-75-71-67-63-59-55-51-48-45-42-40-38-36-34-32-30-28-26-24-23-25-27-29-31-33-35-37-39-41-43-46-49-53-57-61-65-69-73-77-81-92-86(91)80-76-72-68-64-60-56-52-20-18-16-14-12-10-8-6-4-2/h14,16,20,23-24,52,83-84,88-89H,3-13,15,17-19,21-22,25-51,53-82H2,1-2H3,(H,87,90)/b16-14-,24-23-,52-20-. The van der Waals surface area contributed by atoms with Crippen molar-refractivity contribution >= 4 is 11.9 Å². The zero-order valence-electron chi connectivity index (χ0n) is 62.6. The first-order valence-corrected chi connectivity index (χ1v) is 42.2. The van der Waals surface area contributed by atoms with Gasteiger partial charge in [-0.25, -0.2) is 0 Å². The maximum atomic E-state index is 12.6. The topological polar surface area (TPSA) is 95.9 Å². The van der Waals surface area contributed by atoms with Gasteiger partial charge in [0.25, 0.3) is 0 Å². The van der Waals surface area contributed by atoms with E-state index in [0.29, 0.717) is 25.9 Å². The van der Waals surface area contributed by atoms with Crippen molar-refractivity contribution in [3.8, 4) is 0 Å². The van der Waals surface area contributed by atoms with Crippen LogP contribution in [0.4, 0.5) is 0 Å². The number of amides is 1. The lowest BCUT2D eigenvalue weighted by molar-refractivity contribution is -0.143. The Morgan fingerprint density at radius 3 is 0.848 bits per heavy atom. The van der Waals surface area contributed by atoms with Gasteiger partial charge in [0.1, 0.15) is 0 Å². The molecule has 0 saturated carbocycles. The van der Waals surface area contributed by atoms with Gasteiger partial charge in [0.15, 0.2) is 0 Å². The second-order valence-electron chi connectivity index (χ2n) is 29.2. The zero-order chi connectivity index (χ0) is 66.3. The Hall–Kier alpha value is -1.92. The van der Waals surface area contributed by atoms with Crippen LogP contribution in [0.15, 0.2) is 36.5 Å². The molecule has 2 unspecified atom stereocenters. The van der Waals surface area contributed by atoms with Crippen molar-refractivity contribution < 1.29 is 24.5 Å². The maximum Gasteiger partial charge on any atom is 0.305 e. The summed E-state index contributed by atoms with van der Waals surface area (Å²) in [5, 5.41) is 23.5. The minimum absolute atomic E-state index is 0.00972. The van der Waals surface area contributed by atoms with Gasteiger partial charge >= 0.3 is 5.97 Å². The van der Waals surface area contributed by atoms with Crippen LogP contribution >= 0.6 is 0 Å². The molecule has 0 aromatic carbocycles. The number of unbranched alkanes of at least 4 members (excludes halogenated alkanes) is 63. The summed E-state index contributed by atoms with van der Waals surface area (Å²) in [6, 6.07) is -0.539. The predicted molar refractivity (Wildman–Crippen MR) is 407 cm³/mol. The third-order valence-electron chi connectivity index (χ3n) is 19.9. The lowest BCUT2D eigenvalue weighted by Crippen LogP contribution is -2.45. The van der Waals surface area contributed by atoms with Crippen LogP contribution in [0.2, 0.25) is 0 Å². The fraction of sp³-hybridized carbons (Fsp3) is 0.907. The summed E-state index contributed by atoms with van der Waals surface area (Å²) in [7, 11) is 0. The van der Waals surface area contributed by atoms with E-state index >= 15 is 0 Å². The molecule has 3 N–H and O–H groups in total. The van der Waals surface area contributed by atoms with Gasteiger partial charge in [0, 0.05) is 12.8 Å². The van der Waals surface area contributed by atoms with Crippen molar-refractivity contribution in [2.24, 2.45) is 0 Å². The SMILES string of the molecule is CCCCCC/C=C\C/C=C\CCCCCCCC(=O)OCCCCCCCCCCCCCCCCCCCC/C=C\CCCCCCCCCCCCCCCCCCCC(=O)NC(CO)C(O)CCCCCCCCCCCCCCCCCCCCCC. The fourth-order valence-corrected chi connectivity index (χ4v) is 13.5. The Labute approximate surface area is 576 Å². The Balaban J connectivity index is 3.33. The average Bonchev–Trinajstić information content (AvgIpc) is 3.57. The normalized spacial score (nSPS) is 12.6. The molecule has 6 nitrogen and oxygen atoms in total. The van der Waals surface area contributed by atoms with E-state index in [9.17, 15) is 19.8 Å². The second-order valence-corrected chi connectivity index (χ2v) is 29.2. The first-order valence-electron chi connectivity index (χ1n) is 42.2. The van der Waals surface area contributed by atoms with Crippen LogP contribution < -0.4 is 5.32 Å². The van der Waals surface area contributed by atoms with E-state index in [1.54, 1.807) is 0 Å². The molecule has 0 bridgehead atoms. The quantitative estimate of drug-likeness (QED) is 0.0320. The molecule has 0 aromatic rings. The zero-order valence-corrected chi connectivity index (χ0v) is 62.6. The van der Waals surface area contributed by atoms with Crippen molar-refractivity contribution in [3.63, 3.8) is 0 Å². The first kappa shape index (κ1) is 90.1. The molecule has 0 saturated heterocycles. The van der Waals surface area contributed by atoms with Crippen molar-refractivity contribution in [1.29, 1.82) is 0 Å². The number of allylic oxidation sites excluding steroid dienone is 6. The number of hydrogen-bond acceptors (Lipinski definition) is 5. The highest BCUT2D eigenvalue weighted by Crippen LogP contribution is 2.20. The van der Waals surface area contributed by atoms with Crippen LogP contribution in [0.3, 0.4) is 0 Å². The van der Waals surface area contributed by atoms with Gasteiger partial charge in [0.05, 0.1) is 25.4 Å². The molecule has 0 spiro atoms. The smallest absolute Gasteiger partial charge is 0.305 e. The highest BCUT2D eigenvalue weighted by atomic mass is 16.5. The van der Waals surface area contributed by atoms with Crippen molar-refractivity contribution in [3.05, 3.63) is 36.5 Å². The van der Waals surface area contributed by atoms with E-state index in [1.807, 2.05) is 0 Å². The van der Waals surface area contributed by atoms with Gasteiger partial charge in [0.2, 0.25) is 5.91 Å². The highest BCUT2D eigenvalue weighted by Gasteiger charge is 2.20. The molecule has 2 atom stereocenters. The second kappa shape index (κ2) is 81.5. The minimum Gasteiger partial charge on any atom is -0.466 e. The molecular formula is C86H165NO5. The molecule has 0 radical (unpaired) electrons. The summed E-state index contributed by atoms with van der Waals surface area (Å²) >= 11 is 0. The van der Waals surface area contributed by atoms with Crippen LogP contribution in [-0.4, -0.2) is 47.4 Å². The Morgan fingerprint density at radius 1 is 0.304 bits per heavy atom. The molecule has 6 heteroatoms. The number of aliphatic hydroxyl groups is 2. The van der Waals surface area contributed by atoms with E-state index in [0.717, 1.165) is 51.4 Å². The largest absolute Gasteiger partial charge is 0.466 e. The molecule has 0 aliphatic heterocycles. The van der Waals surface area contributed by atoms with Crippen LogP contribution in [-0.2, 0) is 14.3 Å². The third kappa shape index (κ3) is 77.1. The Bertz CT molecular complexity index is 1490. The molecule has 0 heterocycles. The number of carbonyl (C=O) groups excluding carboxylic acids is 2. The summed E-state index contributed by atoms with van der Waals surface area (Å²) in [4.78, 5) is 24.7. The van der Waals surface area contributed by atoms with E-state index in [-0.39, 0.29) is 18.5 Å². The van der Waals surface area contributed by atoms with Gasteiger partial charge in [-0.05, 0) is 83.5 Å². The molecule has 0 aliphatic rings. The van der Waals surface area contributed by atoms with Crippen molar-refractivity contribution in [1.82, 2.24) is 5.32 Å². The monoisotopic (exact) mass is 1290 g/mol. The van der Waals surface area contributed by atoms with Crippen molar-refractivity contribution in [2.75, 3.05) is 13.2 Å². The van der Waals surface area contributed by atoms with E-state index in [4.69, 9.17) is 4.74 Å². The third-order valence-corrected chi connectivity index (χ3v) is 19.9. The molecule has 0 fully saturated rings. The van der Waals surface area contributed by atoms with Crippen LogP contribution in [0, 0.1) is 0 Å². The first-order chi connectivity index (χ1) is 45.5. The molecule has 0 rings (SSSR count). The summed E-state index contributed by atoms with van der Waals surface area (Å²) < 4.78 is 5.50. The number of hydrogen-bond donors (Lipinski definition) is 3. The number of ether oxygens (including phenoxy) is 1. The summed E-state index contributed by atoms with van der Waals surface area (Å²) in [6.07, 6.45) is 107. The maximum absolute atomic E-state index is 12.6. The fourth-order valence-electron chi connectivity index (χ4n) is 13.5. The number of esters is 1. The number of aliphatic hydroxyl groups excluding tert-OH is 2. The van der Waals surface area contributed by atoms with Gasteiger partial charge in [-0.15, -0.1) is 0 Å². The minimum atomic E-state index is -0.662. The van der Waals surface area contributed by atoms with Crippen LogP contribution in [0.5, 0.6) is 0 Å². The Morgan fingerprint density at radius 2 is 0.543 bits per heavy atom. The van der Waals surface area contributed by atoms with E-state index in [1.165, 1.54) is 392 Å². The molecule has 92 heavy (non-hydrogen) atoms. The highest BCUT2D eigenvalue weighted by molar-refractivity contribution is 5.76. The summed E-state index contributed by atoms with van der Waals surface area (Å²) in [6.45, 7) is 4.98. The van der Waals surface area contributed by atoms with Gasteiger partial charge in [-0.3, -0.25) is 9.59 Å². The predicted octanol–water partition coefficient (Wildman–Crippen LogP) is 28.2. The Kier molecular flexibility index (Phi) is 79.8. The molecule has 544 valence electrons. The van der Waals surface area contributed by atoms with Crippen LogP contribution in [0.1, 0.15) is 476 Å². The van der Waals surface area contributed by atoms with Gasteiger partial charge in [-0.2, -0.15) is 0 Å².